The molecule has 0 aromatic heterocycles. The molecule has 0 aliphatic carbocycles. The second-order valence-corrected chi connectivity index (χ2v) is 2.31. The Kier molecular flexibility index (Phi) is 2.59. The molecular formula is C8H8N2O3. The highest BCUT2D eigenvalue weighted by atomic mass is 16.4. The summed E-state index contributed by atoms with van der Waals surface area (Å²) in [5.74, 6) is -1.46. The molecule has 1 aromatic carbocycles. The zero-order chi connectivity index (χ0) is 9.84. The van der Waals surface area contributed by atoms with Crippen molar-refractivity contribution >= 4 is 11.7 Å². The van der Waals surface area contributed by atoms with Crippen LogP contribution in [0.4, 0.5) is 5.69 Å². The van der Waals surface area contributed by atoms with E-state index < -0.39 is 5.97 Å². The third kappa shape index (κ3) is 2.02. The van der Waals surface area contributed by atoms with Gasteiger partial charge in [-0.1, -0.05) is 0 Å². The molecule has 1 rings (SSSR count). The van der Waals surface area contributed by atoms with E-state index >= 15 is 0 Å². The van der Waals surface area contributed by atoms with Crippen molar-refractivity contribution in [3.63, 3.8) is 0 Å². The van der Waals surface area contributed by atoms with Crippen molar-refractivity contribution in [1.82, 2.24) is 0 Å². The minimum Gasteiger partial charge on any atom is -0.507 e. The van der Waals surface area contributed by atoms with Gasteiger partial charge in [-0.15, -0.1) is 0 Å². The van der Waals surface area contributed by atoms with Crippen LogP contribution in [-0.4, -0.2) is 23.2 Å². The zero-order valence-electron chi connectivity index (χ0n) is 6.93. The van der Waals surface area contributed by atoms with E-state index in [0.717, 1.165) is 0 Å². The van der Waals surface area contributed by atoms with Gasteiger partial charge in [-0.05, 0) is 18.2 Å². The van der Waals surface area contributed by atoms with Crippen LogP contribution in [0.5, 0.6) is 5.75 Å². The summed E-state index contributed by atoms with van der Waals surface area (Å²) in [5.41, 5.74) is 0.225. The smallest absolute Gasteiger partial charge is 0.339 e. The lowest BCUT2D eigenvalue weighted by atomic mass is 10.2. The van der Waals surface area contributed by atoms with Gasteiger partial charge >= 0.3 is 5.97 Å². The van der Waals surface area contributed by atoms with Gasteiger partial charge in [0, 0.05) is 7.05 Å². The van der Waals surface area contributed by atoms with Crippen molar-refractivity contribution in [3.05, 3.63) is 23.8 Å². The first-order chi connectivity index (χ1) is 6.15. The van der Waals surface area contributed by atoms with E-state index in [-0.39, 0.29) is 11.3 Å². The predicted molar refractivity (Wildman–Crippen MR) is 45.5 cm³/mol. The number of aromatic carboxylic acids is 1. The standard InChI is InChI=1S/C8H8N2O3/c1-9-10-5-2-3-7(11)6(4-5)8(12)13/h2-4,11H,1H3,(H,12,13). The fourth-order valence-electron chi connectivity index (χ4n) is 0.873. The minimum absolute atomic E-state index is 0.176. The number of rotatable bonds is 2. The lowest BCUT2D eigenvalue weighted by molar-refractivity contribution is 0.0694. The van der Waals surface area contributed by atoms with Crippen molar-refractivity contribution in [1.29, 1.82) is 0 Å². The normalized spacial score (nSPS) is 10.5. The summed E-state index contributed by atoms with van der Waals surface area (Å²) in [5, 5.41) is 24.9. The van der Waals surface area contributed by atoms with Crippen LogP contribution in [-0.2, 0) is 0 Å². The minimum atomic E-state index is -1.19. The molecule has 0 fully saturated rings. The van der Waals surface area contributed by atoms with Gasteiger partial charge in [-0.2, -0.15) is 10.2 Å². The summed E-state index contributed by atoms with van der Waals surface area (Å²) in [4.78, 5) is 10.5. The van der Waals surface area contributed by atoms with Crippen molar-refractivity contribution in [2.75, 3.05) is 7.05 Å². The van der Waals surface area contributed by atoms with Crippen LogP contribution in [0.1, 0.15) is 10.4 Å². The van der Waals surface area contributed by atoms with E-state index in [4.69, 9.17) is 10.2 Å². The zero-order valence-corrected chi connectivity index (χ0v) is 6.93. The number of phenols is 1. The number of hydrogen-bond acceptors (Lipinski definition) is 4. The first kappa shape index (κ1) is 9.18. The Balaban J connectivity index is 3.18. The van der Waals surface area contributed by atoms with Gasteiger partial charge in [0.15, 0.2) is 0 Å². The number of aromatic hydroxyl groups is 1. The van der Waals surface area contributed by atoms with Gasteiger partial charge in [0.2, 0.25) is 0 Å². The molecule has 0 amide bonds. The molecule has 5 nitrogen and oxygen atoms in total. The summed E-state index contributed by atoms with van der Waals surface area (Å²) in [6.45, 7) is 0. The lowest BCUT2D eigenvalue weighted by Gasteiger charge is -1.98. The Morgan fingerprint density at radius 1 is 1.46 bits per heavy atom. The van der Waals surface area contributed by atoms with E-state index in [1.165, 1.54) is 25.2 Å². The second kappa shape index (κ2) is 3.66. The number of carbonyl (C=O) groups is 1. The molecular weight excluding hydrogens is 172 g/mol. The Hall–Kier alpha value is -1.91. The molecule has 2 N–H and O–H groups in total. The number of azo groups is 1. The summed E-state index contributed by atoms with van der Waals surface area (Å²) in [6, 6.07) is 4.01. The third-order valence-corrected chi connectivity index (χ3v) is 1.43. The SMILES string of the molecule is CN=Nc1ccc(O)c(C(=O)O)c1. The van der Waals surface area contributed by atoms with E-state index in [2.05, 4.69) is 10.2 Å². The Morgan fingerprint density at radius 2 is 2.15 bits per heavy atom. The van der Waals surface area contributed by atoms with Crippen molar-refractivity contribution in [2.24, 2.45) is 10.2 Å². The number of carboxylic acids is 1. The highest BCUT2D eigenvalue weighted by molar-refractivity contribution is 5.91. The van der Waals surface area contributed by atoms with Crippen LogP contribution in [0.2, 0.25) is 0 Å². The fraction of sp³-hybridized carbons (Fsp3) is 0.125. The number of nitrogens with zero attached hydrogens (tertiary/aromatic N) is 2. The van der Waals surface area contributed by atoms with E-state index in [9.17, 15) is 4.79 Å². The molecule has 13 heavy (non-hydrogen) atoms. The number of hydrogen-bond donors (Lipinski definition) is 2. The molecule has 0 atom stereocenters. The maximum Gasteiger partial charge on any atom is 0.339 e. The molecule has 0 bridgehead atoms. The van der Waals surface area contributed by atoms with Gasteiger partial charge in [0.1, 0.15) is 11.3 Å². The van der Waals surface area contributed by atoms with Gasteiger partial charge < -0.3 is 10.2 Å². The van der Waals surface area contributed by atoms with Gasteiger partial charge in [0.25, 0.3) is 0 Å². The van der Waals surface area contributed by atoms with E-state index in [0.29, 0.717) is 5.69 Å². The molecule has 0 heterocycles. The molecule has 0 saturated carbocycles. The van der Waals surface area contributed by atoms with Crippen LogP contribution in [0.15, 0.2) is 28.4 Å². The van der Waals surface area contributed by atoms with E-state index in [1.54, 1.807) is 0 Å². The monoisotopic (exact) mass is 180 g/mol. The molecule has 0 aliphatic rings. The summed E-state index contributed by atoms with van der Waals surface area (Å²) in [7, 11) is 1.48. The summed E-state index contributed by atoms with van der Waals surface area (Å²) < 4.78 is 0. The molecule has 0 radical (unpaired) electrons. The fourth-order valence-corrected chi connectivity index (χ4v) is 0.873. The Morgan fingerprint density at radius 3 is 2.69 bits per heavy atom. The first-order valence-corrected chi connectivity index (χ1v) is 3.51. The van der Waals surface area contributed by atoms with Crippen LogP contribution < -0.4 is 0 Å². The molecule has 68 valence electrons. The predicted octanol–water partition coefficient (Wildman–Crippen LogP) is 1.80. The average Bonchev–Trinajstić information content (AvgIpc) is 2.08. The topological polar surface area (TPSA) is 82.2 Å². The van der Waals surface area contributed by atoms with Crippen LogP contribution in [0.25, 0.3) is 0 Å². The van der Waals surface area contributed by atoms with Crippen molar-refractivity contribution < 1.29 is 15.0 Å². The molecule has 5 heteroatoms. The second-order valence-electron chi connectivity index (χ2n) is 2.31. The first-order valence-electron chi connectivity index (χ1n) is 3.51. The van der Waals surface area contributed by atoms with Crippen molar-refractivity contribution in [2.45, 2.75) is 0 Å². The Labute approximate surface area is 74.4 Å². The van der Waals surface area contributed by atoms with E-state index in [1.807, 2.05) is 0 Å². The third-order valence-electron chi connectivity index (χ3n) is 1.43. The molecule has 0 saturated heterocycles. The number of benzene rings is 1. The average molecular weight is 180 g/mol. The quantitative estimate of drug-likeness (QED) is 0.680. The maximum absolute atomic E-state index is 10.5. The summed E-state index contributed by atoms with van der Waals surface area (Å²) in [6.07, 6.45) is 0. The number of carboxylic acid groups (broad SMARTS) is 1. The highest BCUT2D eigenvalue weighted by Gasteiger charge is 2.09. The molecule has 0 spiro atoms. The van der Waals surface area contributed by atoms with Gasteiger partial charge in [-0.25, -0.2) is 4.79 Å². The highest BCUT2D eigenvalue weighted by Crippen LogP contribution is 2.23. The van der Waals surface area contributed by atoms with Crippen LogP contribution in [0.3, 0.4) is 0 Å². The Bertz CT molecular complexity index is 360. The van der Waals surface area contributed by atoms with Crippen LogP contribution >= 0.6 is 0 Å². The van der Waals surface area contributed by atoms with Crippen molar-refractivity contribution in [3.8, 4) is 5.75 Å². The largest absolute Gasteiger partial charge is 0.507 e. The van der Waals surface area contributed by atoms with Crippen LogP contribution in [0, 0.1) is 0 Å². The lowest BCUT2D eigenvalue weighted by Crippen LogP contribution is -1.95. The van der Waals surface area contributed by atoms with Gasteiger partial charge in [-0.3, -0.25) is 0 Å². The van der Waals surface area contributed by atoms with Gasteiger partial charge in [0.05, 0.1) is 5.69 Å². The molecule has 0 unspecified atom stereocenters. The summed E-state index contributed by atoms with van der Waals surface area (Å²) >= 11 is 0. The molecule has 1 aromatic rings. The maximum atomic E-state index is 10.5. The molecule has 0 aliphatic heterocycles.